The first-order valence-corrected chi connectivity index (χ1v) is 5.71. The van der Waals surface area contributed by atoms with Crippen LogP contribution in [-0.4, -0.2) is 32.8 Å². The minimum absolute atomic E-state index is 0.0494. The highest BCUT2D eigenvalue weighted by Gasteiger charge is 2.07. The molecule has 0 saturated heterocycles. The number of carbonyl (C=O) groups excluding carboxylic acids is 1. The number of hydrogen-bond donors (Lipinski definition) is 1. The van der Waals surface area contributed by atoms with Gasteiger partial charge in [0.25, 0.3) is 0 Å². The molecule has 0 aliphatic heterocycles. The van der Waals surface area contributed by atoms with Gasteiger partial charge in [-0.2, -0.15) is 0 Å². The van der Waals surface area contributed by atoms with Gasteiger partial charge in [0.05, 0.1) is 28.9 Å². The summed E-state index contributed by atoms with van der Waals surface area (Å²) in [6.07, 6.45) is 0. The maximum atomic E-state index is 11.5. The lowest BCUT2D eigenvalue weighted by atomic mass is 10.3. The summed E-state index contributed by atoms with van der Waals surface area (Å²) in [7, 11) is 1.56. The predicted molar refractivity (Wildman–Crippen MR) is 67.8 cm³/mol. The molecule has 1 aromatic rings. The van der Waals surface area contributed by atoms with Gasteiger partial charge in [0, 0.05) is 7.11 Å². The Morgan fingerprint density at radius 1 is 1.35 bits per heavy atom. The van der Waals surface area contributed by atoms with Gasteiger partial charge in [0.2, 0.25) is 5.91 Å². The molecule has 1 amide bonds. The summed E-state index contributed by atoms with van der Waals surface area (Å²) >= 11 is 11.7. The monoisotopic (exact) mass is 277 g/mol. The topological polar surface area (TPSA) is 47.6 Å². The Balaban J connectivity index is 2.43. The van der Waals surface area contributed by atoms with Gasteiger partial charge in [-0.05, 0) is 12.1 Å². The molecule has 0 radical (unpaired) electrons. The van der Waals surface area contributed by atoms with Gasteiger partial charge in [-0.1, -0.05) is 29.3 Å². The molecule has 0 aliphatic rings. The van der Waals surface area contributed by atoms with E-state index in [9.17, 15) is 4.79 Å². The van der Waals surface area contributed by atoms with Gasteiger partial charge in [-0.3, -0.25) is 4.79 Å². The average molecular weight is 278 g/mol. The van der Waals surface area contributed by atoms with Crippen LogP contribution in [0.15, 0.2) is 18.2 Å². The maximum absolute atomic E-state index is 11.5. The third-order valence-corrected chi connectivity index (χ3v) is 2.71. The second-order valence-electron chi connectivity index (χ2n) is 3.19. The highest BCUT2D eigenvalue weighted by Crippen LogP contribution is 2.29. The lowest BCUT2D eigenvalue weighted by molar-refractivity contribution is -0.121. The molecule has 0 fully saturated rings. The molecule has 94 valence electrons. The van der Waals surface area contributed by atoms with Crippen LogP contribution in [0.1, 0.15) is 0 Å². The lowest BCUT2D eigenvalue weighted by Crippen LogP contribution is -2.19. The quantitative estimate of drug-likeness (QED) is 0.814. The highest BCUT2D eigenvalue weighted by molar-refractivity contribution is 6.43. The van der Waals surface area contributed by atoms with Crippen molar-refractivity contribution in [2.75, 3.05) is 32.2 Å². The first-order valence-electron chi connectivity index (χ1n) is 4.95. The zero-order valence-corrected chi connectivity index (χ0v) is 10.8. The van der Waals surface area contributed by atoms with Crippen LogP contribution in [0.4, 0.5) is 5.69 Å². The molecule has 1 rings (SSSR count). The standard InChI is InChI=1S/C11H13Cl2NO3/c1-16-5-6-17-7-10(15)14-9-4-2-3-8(12)11(9)13/h2-4H,5-7H2,1H3,(H,14,15). The lowest BCUT2D eigenvalue weighted by Gasteiger charge is -2.08. The maximum Gasteiger partial charge on any atom is 0.250 e. The van der Waals surface area contributed by atoms with Crippen LogP contribution in [-0.2, 0) is 14.3 Å². The molecule has 0 bridgehead atoms. The molecular weight excluding hydrogens is 265 g/mol. The Bertz CT molecular complexity index is 385. The number of nitrogens with one attached hydrogen (secondary N) is 1. The summed E-state index contributed by atoms with van der Waals surface area (Å²) in [5.41, 5.74) is 0.472. The highest BCUT2D eigenvalue weighted by atomic mass is 35.5. The predicted octanol–water partition coefficient (Wildman–Crippen LogP) is 2.59. The number of hydrogen-bond acceptors (Lipinski definition) is 3. The number of anilines is 1. The van der Waals surface area contributed by atoms with Crippen molar-refractivity contribution in [1.82, 2.24) is 0 Å². The Morgan fingerprint density at radius 3 is 2.82 bits per heavy atom. The van der Waals surface area contributed by atoms with Crippen molar-refractivity contribution in [2.24, 2.45) is 0 Å². The number of amides is 1. The van der Waals surface area contributed by atoms with E-state index in [2.05, 4.69) is 5.32 Å². The van der Waals surface area contributed by atoms with Crippen molar-refractivity contribution in [3.63, 3.8) is 0 Å². The Kier molecular flexibility index (Phi) is 6.29. The zero-order valence-electron chi connectivity index (χ0n) is 9.33. The van der Waals surface area contributed by atoms with E-state index < -0.39 is 0 Å². The minimum Gasteiger partial charge on any atom is -0.382 e. The first kappa shape index (κ1) is 14.3. The van der Waals surface area contributed by atoms with Crippen LogP contribution in [0.2, 0.25) is 10.0 Å². The first-order chi connectivity index (χ1) is 8.15. The van der Waals surface area contributed by atoms with Gasteiger partial charge >= 0.3 is 0 Å². The third kappa shape index (κ3) is 4.91. The molecule has 0 aromatic heterocycles. The summed E-state index contributed by atoms with van der Waals surface area (Å²) in [6.45, 7) is 0.768. The van der Waals surface area contributed by atoms with E-state index in [-0.39, 0.29) is 12.5 Å². The van der Waals surface area contributed by atoms with E-state index in [4.69, 9.17) is 32.7 Å². The molecular formula is C11H13Cl2NO3. The minimum atomic E-state index is -0.287. The zero-order chi connectivity index (χ0) is 12.7. The second kappa shape index (κ2) is 7.50. The molecule has 0 unspecified atom stereocenters. The van der Waals surface area contributed by atoms with Crippen molar-refractivity contribution in [3.05, 3.63) is 28.2 Å². The van der Waals surface area contributed by atoms with Crippen LogP contribution in [0.3, 0.4) is 0 Å². The van der Waals surface area contributed by atoms with Crippen molar-refractivity contribution in [3.8, 4) is 0 Å². The Labute approximate surface area is 110 Å². The van der Waals surface area contributed by atoms with E-state index in [1.807, 2.05) is 0 Å². The normalized spacial score (nSPS) is 10.3. The third-order valence-electron chi connectivity index (χ3n) is 1.89. The molecule has 0 heterocycles. The fourth-order valence-corrected chi connectivity index (χ4v) is 1.44. The molecule has 0 spiro atoms. The number of rotatable bonds is 6. The summed E-state index contributed by atoms with van der Waals surface area (Å²) in [6, 6.07) is 5.02. The summed E-state index contributed by atoms with van der Waals surface area (Å²) in [5, 5.41) is 3.32. The van der Waals surface area contributed by atoms with Crippen LogP contribution >= 0.6 is 23.2 Å². The Morgan fingerprint density at radius 2 is 2.12 bits per heavy atom. The van der Waals surface area contributed by atoms with E-state index >= 15 is 0 Å². The van der Waals surface area contributed by atoms with Crippen molar-refractivity contribution < 1.29 is 14.3 Å². The number of methoxy groups -OCH3 is 1. The van der Waals surface area contributed by atoms with Crippen LogP contribution in [0.25, 0.3) is 0 Å². The van der Waals surface area contributed by atoms with Gasteiger partial charge in [0.15, 0.2) is 0 Å². The van der Waals surface area contributed by atoms with Crippen molar-refractivity contribution in [2.45, 2.75) is 0 Å². The molecule has 1 N–H and O–H groups in total. The molecule has 0 aliphatic carbocycles. The van der Waals surface area contributed by atoms with Crippen molar-refractivity contribution >= 4 is 34.8 Å². The van der Waals surface area contributed by atoms with Gasteiger partial charge in [-0.25, -0.2) is 0 Å². The molecule has 0 saturated carbocycles. The smallest absolute Gasteiger partial charge is 0.250 e. The molecule has 4 nitrogen and oxygen atoms in total. The van der Waals surface area contributed by atoms with Gasteiger partial charge in [-0.15, -0.1) is 0 Å². The number of carbonyl (C=O) groups is 1. The summed E-state index contributed by atoms with van der Waals surface area (Å²) < 4.78 is 9.85. The number of halogens is 2. The van der Waals surface area contributed by atoms with E-state index in [1.165, 1.54) is 0 Å². The van der Waals surface area contributed by atoms with E-state index in [0.29, 0.717) is 28.9 Å². The summed E-state index contributed by atoms with van der Waals surface area (Å²) in [4.78, 5) is 11.5. The molecule has 1 aromatic carbocycles. The van der Waals surface area contributed by atoms with E-state index in [1.54, 1.807) is 25.3 Å². The average Bonchev–Trinajstić information content (AvgIpc) is 2.31. The van der Waals surface area contributed by atoms with Crippen LogP contribution in [0, 0.1) is 0 Å². The second-order valence-corrected chi connectivity index (χ2v) is 3.98. The number of ether oxygens (including phenoxy) is 2. The van der Waals surface area contributed by atoms with Gasteiger partial charge < -0.3 is 14.8 Å². The molecule has 0 atom stereocenters. The summed E-state index contributed by atoms with van der Waals surface area (Å²) in [5.74, 6) is -0.287. The van der Waals surface area contributed by atoms with Crippen molar-refractivity contribution in [1.29, 1.82) is 0 Å². The SMILES string of the molecule is COCCOCC(=O)Nc1cccc(Cl)c1Cl. The van der Waals surface area contributed by atoms with Crippen LogP contribution < -0.4 is 5.32 Å². The van der Waals surface area contributed by atoms with Gasteiger partial charge in [0.1, 0.15) is 6.61 Å². The molecule has 6 heteroatoms. The fraction of sp³-hybridized carbons (Fsp3) is 0.364. The molecule has 17 heavy (non-hydrogen) atoms. The fourth-order valence-electron chi connectivity index (χ4n) is 1.09. The Hall–Kier alpha value is -0.810. The van der Waals surface area contributed by atoms with E-state index in [0.717, 1.165) is 0 Å². The van der Waals surface area contributed by atoms with Crippen LogP contribution in [0.5, 0.6) is 0 Å². The number of benzene rings is 1. The largest absolute Gasteiger partial charge is 0.382 e.